The van der Waals surface area contributed by atoms with Crippen LogP contribution >= 0.6 is 0 Å². The number of imide groups is 1. The number of anilines is 1. The van der Waals surface area contributed by atoms with Gasteiger partial charge in [0.2, 0.25) is 0 Å². The Hall–Kier alpha value is -4.50. The van der Waals surface area contributed by atoms with Crippen LogP contribution in [0.3, 0.4) is 0 Å². The van der Waals surface area contributed by atoms with Crippen LogP contribution in [0.1, 0.15) is 32.7 Å². The fourth-order valence-corrected chi connectivity index (χ4v) is 3.21. The molecule has 31 heavy (non-hydrogen) atoms. The van der Waals surface area contributed by atoms with Crippen molar-refractivity contribution in [2.24, 2.45) is 0 Å². The number of nitrogens with zero attached hydrogens (tertiary/aromatic N) is 2. The minimum absolute atomic E-state index is 0.341. The molecule has 1 aliphatic rings. The number of pyridine rings is 1. The van der Waals surface area contributed by atoms with Crippen LogP contribution in [0.15, 0.2) is 73.1 Å². The summed E-state index contributed by atoms with van der Waals surface area (Å²) in [5, 5.41) is 14.3. The number of nitriles is 1. The zero-order chi connectivity index (χ0) is 21.6. The first-order chi connectivity index (χ1) is 15.1. The number of hydrogen-bond donors (Lipinski definition) is 2. The van der Waals surface area contributed by atoms with Crippen LogP contribution in [-0.4, -0.2) is 16.8 Å². The maximum absolute atomic E-state index is 12.5. The van der Waals surface area contributed by atoms with Gasteiger partial charge in [-0.2, -0.15) is 5.26 Å². The van der Waals surface area contributed by atoms with E-state index in [1.54, 1.807) is 18.5 Å². The molecule has 0 bridgehead atoms. The molecule has 0 unspecified atom stereocenters. The number of carbonyl (C=O) groups excluding carboxylic acids is 2. The third kappa shape index (κ3) is 4.57. The molecule has 4 rings (SSSR count). The van der Waals surface area contributed by atoms with Crippen LogP contribution in [0.25, 0.3) is 17.7 Å². The molecule has 1 aliphatic heterocycles. The predicted octanol–water partition coefficient (Wildman–Crippen LogP) is 4.04. The summed E-state index contributed by atoms with van der Waals surface area (Å²) in [6.07, 6.45) is 7.41. The summed E-state index contributed by atoms with van der Waals surface area (Å²) in [5.41, 5.74) is 4.70. The molecule has 0 saturated carbocycles. The van der Waals surface area contributed by atoms with Crippen LogP contribution in [0.4, 0.5) is 5.69 Å². The van der Waals surface area contributed by atoms with E-state index in [2.05, 4.69) is 21.7 Å². The zero-order valence-electron chi connectivity index (χ0n) is 16.5. The topological polar surface area (TPSA) is 94.9 Å². The summed E-state index contributed by atoms with van der Waals surface area (Å²) in [7, 11) is 0. The molecule has 6 heteroatoms. The molecule has 2 aromatic carbocycles. The summed E-state index contributed by atoms with van der Waals surface area (Å²) >= 11 is 0. The van der Waals surface area contributed by atoms with Crippen molar-refractivity contribution < 1.29 is 9.59 Å². The number of nitrogens with one attached hydrogen (secondary N) is 2. The van der Waals surface area contributed by atoms with Gasteiger partial charge in [0.1, 0.15) is 0 Å². The van der Waals surface area contributed by atoms with Gasteiger partial charge in [-0.3, -0.25) is 19.9 Å². The molecule has 2 heterocycles. The summed E-state index contributed by atoms with van der Waals surface area (Å²) in [6, 6.07) is 20.5. The monoisotopic (exact) mass is 406 g/mol. The number of rotatable bonds is 5. The first-order valence-corrected chi connectivity index (χ1v) is 9.66. The molecule has 3 aromatic rings. The smallest absolute Gasteiger partial charge is 0.260 e. The molecule has 0 atom stereocenters. The average molecular weight is 406 g/mol. The fourth-order valence-electron chi connectivity index (χ4n) is 3.21. The van der Waals surface area contributed by atoms with Crippen molar-refractivity contribution in [2.75, 3.05) is 5.32 Å². The second-order valence-electron chi connectivity index (χ2n) is 6.91. The summed E-state index contributed by atoms with van der Waals surface area (Å²) < 4.78 is 0. The number of benzene rings is 2. The van der Waals surface area contributed by atoms with E-state index in [9.17, 15) is 9.59 Å². The van der Waals surface area contributed by atoms with Gasteiger partial charge in [0.05, 0.1) is 23.8 Å². The molecule has 2 amide bonds. The Bertz CT molecular complexity index is 1240. The molecular formula is C25H18N4O2. The Morgan fingerprint density at radius 1 is 0.968 bits per heavy atom. The maximum Gasteiger partial charge on any atom is 0.260 e. The molecule has 0 spiro atoms. The van der Waals surface area contributed by atoms with Crippen molar-refractivity contribution in [3.8, 4) is 6.07 Å². The molecule has 2 N–H and O–H groups in total. The van der Waals surface area contributed by atoms with Gasteiger partial charge in [-0.05, 0) is 53.6 Å². The van der Waals surface area contributed by atoms with E-state index in [0.29, 0.717) is 23.1 Å². The van der Waals surface area contributed by atoms with Gasteiger partial charge >= 0.3 is 0 Å². The highest BCUT2D eigenvalue weighted by atomic mass is 16.2. The molecule has 0 radical (unpaired) electrons. The van der Waals surface area contributed by atoms with Gasteiger partial charge < -0.3 is 5.32 Å². The van der Waals surface area contributed by atoms with E-state index in [4.69, 9.17) is 5.26 Å². The lowest BCUT2D eigenvalue weighted by Gasteiger charge is -2.19. The Kier molecular flexibility index (Phi) is 5.68. The van der Waals surface area contributed by atoms with Crippen molar-refractivity contribution in [3.63, 3.8) is 0 Å². The lowest BCUT2D eigenvalue weighted by atomic mass is 9.93. The third-order valence-corrected chi connectivity index (χ3v) is 4.80. The highest BCUT2D eigenvalue weighted by Crippen LogP contribution is 2.26. The van der Waals surface area contributed by atoms with Crippen molar-refractivity contribution >= 4 is 35.2 Å². The van der Waals surface area contributed by atoms with E-state index < -0.39 is 11.8 Å². The molecule has 1 aromatic heterocycles. The van der Waals surface area contributed by atoms with E-state index >= 15 is 0 Å². The minimum atomic E-state index is -0.461. The van der Waals surface area contributed by atoms with Crippen molar-refractivity contribution in [2.45, 2.75) is 6.42 Å². The first-order valence-electron chi connectivity index (χ1n) is 9.66. The van der Waals surface area contributed by atoms with Crippen molar-refractivity contribution in [1.29, 1.82) is 5.26 Å². The minimum Gasteiger partial charge on any atom is -0.361 e. The summed E-state index contributed by atoms with van der Waals surface area (Å²) in [5.74, 6) is -0.879. The Morgan fingerprint density at radius 3 is 2.55 bits per heavy atom. The second kappa shape index (κ2) is 8.89. The van der Waals surface area contributed by atoms with Crippen LogP contribution in [0.5, 0.6) is 0 Å². The largest absolute Gasteiger partial charge is 0.361 e. The highest BCUT2D eigenvalue weighted by molar-refractivity contribution is 6.31. The van der Waals surface area contributed by atoms with Gasteiger partial charge in [0.15, 0.2) is 0 Å². The number of fused-ring (bicyclic) bond motifs is 1. The lowest BCUT2D eigenvalue weighted by Crippen LogP contribution is -2.36. The number of amides is 2. The summed E-state index contributed by atoms with van der Waals surface area (Å²) in [4.78, 5) is 29.0. The van der Waals surface area contributed by atoms with Crippen LogP contribution in [0, 0.1) is 11.3 Å². The molecule has 0 fully saturated rings. The SMILES string of the molecule is N#CCc1ccc(N/C=C2\C(=O)NC(=O)c3ccc(/C=C/c4ccccn4)cc32)cc1. The van der Waals surface area contributed by atoms with Gasteiger partial charge in [0.25, 0.3) is 11.8 Å². The van der Waals surface area contributed by atoms with Crippen LogP contribution in [0.2, 0.25) is 0 Å². The third-order valence-electron chi connectivity index (χ3n) is 4.80. The van der Waals surface area contributed by atoms with Crippen LogP contribution < -0.4 is 10.6 Å². The van der Waals surface area contributed by atoms with Crippen LogP contribution in [-0.2, 0) is 11.2 Å². The van der Waals surface area contributed by atoms with Gasteiger partial charge in [0, 0.05) is 29.2 Å². The highest BCUT2D eigenvalue weighted by Gasteiger charge is 2.27. The van der Waals surface area contributed by atoms with E-state index in [0.717, 1.165) is 22.5 Å². The van der Waals surface area contributed by atoms with E-state index in [1.807, 2.05) is 66.7 Å². The first kappa shape index (κ1) is 19.8. The number of hydrogen-bond acceptors (Lipinski definition) is 5. The molecule has 0 aliphatic carbocycles. The average Bonchev–Trinajstić information content (AvgIpc) is 2.79. The zero-order valence-corrected chi connectivity index (χ0v) is 16.5. The molecule has 150 valence electrons. The lowest BCUT2D eigenvalue weighted by molar-refractivity contribution is -0.114. The van der Waals surface area contributed by atoms with E-state index in [1.165, 1.54) is 0 Å². The quantitative estimate of drug-likeness (QED) is 0.493. The Labute approximate surface area is 179 Å². The predicted molar refractivity (Wildman–Crippen MR) is 119 cm³/mol. The van der Waals surface area contributed by atoms with Gasteiger partial charge in [-0.15, -0.1) is 0 Å². The van der Waals surface area contributed by atoms with Gasteiger partial charge in [-0.1, -0.05) is 30.3 Å². The number of carbonyl (C=O) groups is 2. The maximum atomic E-state index is 12.5. The molecular weight excluding hydrogens is 388 g/mol. The fraction of sp³-hybridized carbons (Fsp3) is 0.0400. The Balaban J connectivity index is 1.63. The Morgan fingerprint density at radius 2 is 1.81 bits per heavy atom. The second-order valence-corrected chi connectivity index (χ2v) is 6.91. The van der Waals surface area contributed by atoms with Crippen molar-refractivity contribution in [3.05, 3.63) is 101 Å². The normalized spacial score (nSPS) is 14.2. The number of aromatic nitrogens is 1. The molecule has 0 saturated heterocycles. The van der Waals surface area contributed by atoms with E-state index in [-0.39, 0.29) is 0 Å². The van der Waals surface area contributed by atoms with Gasteiger partial charge in [-0.25, -0.2) is 0 Å². The molecule has 6 nitrogen and oxygen atoms in total. The summed E-state index contributed by atoms with van der Waals surface area (Å²) in [6.45, 7) is 0. The van der Waals surface area contributed by atoms with Crippen molar-refractivity contribution in [1.82, 2.24) is 10.3 Å². The standard InChI is InChI=1S/C25H18N4O2/c26-13-12-17-4-8-20(9-5-17)28-16-23-22-15-18(6-10-19-3-1-2-14-27-19)7-11-21(22)24(30)29-25(23)31/h1-11,14-16,28H,12H2,(H,29,30,31)/b10-6+,23-16-.